The van der Waals surface area contributed by atoms with Crippen LogP contribution in [0.1, 0.15) is 5.69 Å². The molecule has 384 valence electrons. The first-order valence-electron chi connectivity index (χ1n) is 37.9. The molecule has 0 unspecified atom stereocenters. The number of fused-ring (bicyclic) bond motifs is 3. The number of hydrogen-bond donors (Lipinski definition) is 0. The number of halogens is 1. The Kier molecular flexibility index (Phi) is 50.7. The van der Waals surface area contributed by atoms with Gasteiger partial charge in [0.25, 0.3) is 0 Å². The van der Waals surface area contributed by atoms with E-state index >= 15 is 0 Å². The molecule has 4 aromatic rings. The third-order valence-corrected chi connectivity index (χ3v) is 24.4. The van der Waals surface area contributed by atoms with Gasteiger partial charge in [-0.15, -0.1) is 0 Å². The van der Waals surface area contributed by atoms with E-state index in [0.717, 1.165) is 15.8 Å². The molecule has 0 aliphatic heterocycles. The summed E-state index contributed by atoms with van der Waals surface area (Å²) in [5.41, 5.74) is 4.47. The predicted molar refractivity (Wildman–Crippen MR) is 631 cm³/mol. The Morgan fingerprint density at radius 1 is 0.235 bits per heavy atom. The van der Waals surface area contributed by atoms with E-state index in [-0.39, 0.29) is 0 Å². The molecule has 0 N–H and O–H groups in total. The van der Waals surface area contributed by atoms with Gasteiger partial charge in [0, 0.05) is 687 Å². The van der Waals surface area contributed by atoms with Gasteiger partial charge in [-0.05, 0) is 41.6 Å². The quantitative estimate of drug-likeness (QED) is 0.0403. The summed E-state index contributed by atoms with van der Waals surface area (Å²) in [5, 5.41) is 2.39. The van der Waals surface area contributed by atoms with Crippen LogP contribution in [0.25, 0.3) is 27.5 Å². The second-order valence-corrected chi connectivity index (χ2v) is 32.6. The fraction of sp³-hybridized carbons (Fsp3) is 0.0556. The monoisotopic (exact) mass is 1370 g/mol. The molecule has 2 heterocycles. The molecular weight excluding hydrogens is 1340 g/mol. The Morgan fingerprint density at radius 2 is 0.417 bits per heavy atom. The predicted octanol–water partition coefficient (Wildman–Crippen LogP) is -30.6. The highest BCUT2D eigenvalue weighted by Crippen LogP contribution is 2.33. The normalized spacial score (nSPS) is 10.1. The second kappa shape index (κ2) is 51.5. The smallest absolute Gasteiger partial charge is 0.144 e. The molecule has 2 nitrogen and oxygen atoms in total. The topological polar surface area (TPSA) is 17.3 Å². The summed E-state index contributed by atoms with van der Waals surface area (Å²) in [4.78, 5) is 4.61. The highest BCUT2D eigenvalue weighted by molar-refractivity contribution is 9.10. The number of nitrogens with zero attached hydrogens (tertiary/aromatic N) is 2. The molecule has 0 fully saturated rings. The minimum Gasteiger partial charge on any atom is -0.306 e. The van der Waals surface area contributed by atoms with Crippen LogP contribution in [-0.2, 0) is 0 Å². The average Bonchev–Trinajstić information content (AvgIpc) is 1.07. The zero-order valence-electron chi connectivity index (χ0n) is 65.8. The van der Waals surface area contributed by atoms with Gasteiger partial charge < -0.3 is 4.40 Å². The first-order valence-corrected chi connectivity index (χ1v) is 38.6. The van der Waals surface area contributed by atoms with Crippen LogP contribution in [0.3, 0.4) is 0 Å². The van der Waals surface area contributed by atoms with Crippen molar-refractivity contribution in [1.82, 2.24) is 9.38 Å². The van der Waals surface area contributed by atoms with Crippen LogP contribution in [0.4, 0.5) is 0 Å². The lowest BCUT2D eigenvalue weighted by atomic mass is 8.19. The first kappa shape index (κ1) is 113. The van der Waals surface area contributed by atoms with E-state index in [1.54, 1.807) is 0 Å². The molecule has 2 aromatic carbocycles. The molecule has 0 saturated heterocycles. The summed E-state index contributed by atoms with van der Waals surface area (Å²) in [6.07, 6.45) is -80.8. The molecular formula is C18H13B94BrN2. The first-order chi connectivity index (χ1) is 52.9. The van der Waals surface area contributed by atoms with Gasteiger partial charge in [-0.1, -0.05) is 46.3 Å². The average molecular weight is 1350 g/mol. The van der Waals surface area contributed by atoms with E-state index in [1.807, 2.05) is 13.0 Å². The number of rotatable bonds is 46. The third kappa shape index (κ3) is 29.2. The Labute approximate surface area is 787 Å². The molecule has 115 heavy (non-hydrogen) atoms. The minimum atomic E-state index is -2.22. The van der Waals surface area contributed by atoms with E-state index in [4.69, 9.17) is 371 Å². The van der Waals surface area contributed by atoms with Crippen LogP contribution in [0.2, 0.25) is 0 Å². The van der Waals surface area contributed by atoms with Crippen molar-refractivity contribution in [3.63, 3.8) is 0 Å². The fourth-order valence-electron chi connectivity index (χ4n) is 19.7. The van der Waals surface area contributed by atoms with Gasteiger partial charge in [-0.3, -0.25) is 0 Å². The van der Waals surface area contributed by atoms with Crippen LogP contribution in [-0.4, -0.2) is 674 Å². The molecule has 96 radical (unpaired) electrons. The zero-order valence-corrected chi connectivity index (χ0v) is 67.4. The lowest BCUT2D eigenvalue weighted by Crippen LogP contribution is -3.01. The van der Waals surface area contributed by atoms with Gasteiger partial charge in [0.15, 0.2) is 0 Å². The number of aromatic nitrogens is 2. The second-order valence-electron chi connectivity index (χ2n) is 31.8. The zero-order chi connectivity index (χ0) is 89.0. The van der Waals surface area contributed by atoms with Crippen LogP contribution < -0.4 is 0 Å². The summed E-state index contributed by atoms with van der Waals surface area (Å²) in [7, 11) is 338. The molecule has 4 rings (SSSR count). The number of aryl methyl sites for hydroxylation is 1. The van der Waals surface area contributed by atoms with Crippen LogP contribution in [0, 0.1) is 6.92 Å². The summed E-state index contributed by atoms with van der Waals surface area (Å²) in [6.45, 7) is 2.02. The number of benzene rings is 2. The Balaban J connectivity index is 0.00000137. The standard InChI is InChI=1S/C18H13BrN2.B94/c1-12-11-21-9-8-14-10-13(6-7-16(14)18(21)20-12)15-4-2-3-5-17(15)19;1-49(2)73(50(3)4)85(74(51(5)6)52(7)8)91(86(75(53(9)10)54(11)12)76(55(13)14)56(15)16)94(92(87(77(57(17)18)58(19)20)78(59(21)22)60(23)24)88(79(61(25)26)62(27)28)80(63(29)30)64(31)32)93(89(81(65(33)34)66(35)36)82(67(37)38)68(39)40)90(83(69(41)42)70(43)44)84(71(45)46)72(47)48/h2-11H,1H3;. The summed E-state index contributed by atoms with van der Waals surface area (Å²) < 4.78 is 3.19. The maximum atomic E-state index is 7.05. The maximum Gasteiger partial charge on any atom is 0.144 e. The Bertz CT molecular complexity index is 2810. The van der Waals surface area contributed by atoms with Crippen molar-refractivity contribution < 1.29 is 0 Å². The van der Waals surface area contributed by atoms with Crippen molar-refractivity contribution in [2.75, 3.05) is 0 Å². The number of pyridine rings is 1. The highest BCUT2D eigenvalue weighted by Gasteiger charge is 2.68. The Hall–Kier alpha value is 3.97. The molecule has 0 atom stereocenters. The van der Waals surface area contributed by atoms with Crippen LogP contribution in [0.5, 0.6) is 0 Å². The van der Waals surface area contributed by atoms with Gasteiger partial charge >= 0.3 is 0 Å². The minimum absolute atomic E-state index is 1.02. The van der Waals surface area contributed by atoms with Gasteiger partial charge in [0.05, 0.1) is 5.69 Å². The lowest BCUT2D eigenvalue weighted by molar-refractivity contribution is 1.20. The molecule has 0 aliphatic carbocycles. The summed E-state index contributed by atoms with van der Waals surface area (Å²) >= 11 is 3.62. The maximum absolute atomic E-state index is 7.05. The van der Waals surface area contributed by atoms with Crippen molar-refractivity contribution in [3.05, 3.63) is 71.1 Å². The third-order valence-electron chi connectivity index (χ3n) is 23.7. The van der Waals surface area contributed by atoms with Gasteiger partial charge in [0.2, 0.25) is 0 Å². The molecule has 0 saturated carbocycles. The largest absolute Gasteiger partial charge is 0.306 e. The molecule has 0 spiro atoms. The SMILES string of the molecule is Cc1cn2ccc3cc(-c4ccccc4Br)ccc3c2n1.[B]B([B])B(B([B])[B])B(B(B([B])[B])B([B])[B])B(B(B(B([B])[B])B([B])[B])B(B([B])[B])B([B])[B])B(B(B(B(B([B])[B])B([B])[B])B(B([B])[B])B([B])[B])B(B(B([B])[B])B([B])[B])B(B([B])[B])B([B])[B])B(B(B(B([B])[B])B([B])[B])B(B([B])[B])B([B])[B])B(B(B([B])[B])B([B])[B])B(B([B])[B])B([B])[B]. The van der Waals surface area contributed by atoms with E-state index in [1.165, 1.54) is 21.9 Å². The van der Waals surface area contributed by atoms with E-state index in [2.05, 4.69) is 80.2 Å². The molecule has 0 amide bonds. The van der Waals surface area contributed by atoms with E-state index < -0.39 is 294 Å². The number of hydrogen-bond acceptors (Lipinski definition) is 1. The van der Waals surface area contributed by atoms with Crippen molar-refractivity contribution in [2.24, 2.45) is 0 Å². The fourth-order valence-corrected chi connectivity index (χ4v) is 20.2. The van der Waals surface area contributed by atoms with Crippen molar-refractivity contribution in [2.45, 2.75) is 6.92 Å². The molecule has 0 aliphatic rings. The lowest BCUT2D eigenvalue weighted by Gasteiger charge is -2.63. The van der Waals surface area contributed by atoms with Gasteiger partial charge in [-0.2, -0.15) is 0 Å². The van der Waals surface area contributed by atoms with Crippen molar-refractivity contribution in [1.29, 1.82) is 0 Å². The van der Waals surface area contributed by atoms with Crippen molar-refractivity contribution >= 4 is 697 Å². The highest BCUT2D eigenvalue weighted by atomic mass is 79.9. The van der Waals surface area contributed by atoms with Crippen LogP contribution in [0.15, 0.2) is 65.4 Å². The summed E-state index contributed by atoms with van der Waals surface area (Å²) in [5.74, 6) is 0. The van der Waals surface area contributed by atoms with Crippen LogP contribution >= 0.6 is 15.9 Å². The van der Waals surface area contributed by atoms with Gasteiger partial charge in [-0.25, -0.2) is 4.98 Å². The van der Waals surface area contributed by atoms with Crippen molar-refractivity contribution in [3.8, 4) is 11.1 Å². The molecule has 97 heteroatoms. The molecule has 2 aromatic heterocycles. The van der Waals surface area contributed by atoms with E-state index in [9.17, 15) is 0 Å². The number of imidazole rings is 1. The summed E-state index contributed by atoms with van der Waals surface area (Å²) in [6, 6.07) is 17.0. The molecule has 0 bridgehead atoms. The van der Waals surface area contributed by atoms with E-state index in [0.29, 0.717) is 0 Å². The Morgan fingerprint density at radius 3 is 0.600 bits per heavy atom. The van der Waals surface area contributed by atoms with Gasteiger partial charge in [0.1, 0.15) is 5.65 Å².